The lowest BCUT2D eigenvalue weighted by Gasteiger charge is -2.35. The Morgan fingerprint density at radius 2 is 1.65 bits per heavy atom. The third-order valence-corrected chi connectivity index (χ3v) is 9.66. The van der Waals surface area contributed by atoms with Crippen molar-refractivity contribution >= 4 is 66.7 Å². The van der Waals surface area contributed by atoms with Crippen molar-refractivity contribution in [2.75, 3.05) is 18.0 Å². The van der Waals surface area contributed by atoms with Gasteiger partial charge in [-0.15, -0.1) is 0 Å². The molecule has 3 rings (SSSR count). The van der Waals surface area contributed by atoms with Gasteiger partial charge in [0.05, 0.1) is 32.2 Å². The van der Waals surface area contributed by atoms with Crippen LogP contribution in [0.2, 0.25) is 10.0 Å². The Labute approximate surface area is 272 Å². The average molecular weight is 714 g/mol. The highest BCUT2D eigenvalue weighted by atomic mass is 79.9. The quantitative estimate of drug-likeness (QED) is 0.231. The number of ether oxygens (including phenoxy) is 1. The number of anilines is 1. The molecule has 0 heterocycles. The Hall–Kier alpha value is -2.79. The van der Waals surface area contributed by atoms with Crippen LogP contribution in [-0.4, -0.2) is 50.4 Å². The molecule has 0 saturated heterocycles. The van der Waals surface area contributed by atoms with Crippen LogP contribution in [0.3, 0.4) is 0 Å². The van der Waals surface area contributed by atoms with Gasteiger partial charge in [-0.2, -0.15) is 0 Å². The van der Waals surface area contributed by atoms with Gasteiger partial charge in [-0.05, 0) is 98.1 Å². The summed E-state index contributed by atoms with van der Waals surface area (Å²) in [6.45, 7) is 8.67. The van der Waals surface area contributed by atoms with E-state index in [1.807, 2.05) is 27.7 Å². The van der Waals surface area contributed by atoms with Crippen LogP contribution in [0, 0.1) is 6.92 Å². The van der Waals surface area contributed by atoms with Gasteiger partial charge in [0.2, 0.25) is 11.8 Å². The molecule has 1 atom stereocenters. The van der Waals surface area contributed by atoms with E-state index in [0.717, 1.165) is 9.87 Å². The maximum atomic E-state index is 14.2. The summed E-state index contributed by atoms with van der Waals surface area (Å²) in [7, 11) is -2.77. The fraction of sp³-hybridized carbons (Fsp3) is 0.355. The summed E-state index contributed by atoms with van der Waals surface area (Å²) < 4.78 is 35.0. The molecule has 0 aliphatic heterocycles. The van der Waals surface area contributed by atoms with E-state index in [1.165, 1.54) is 30.2 Å². The zero-order valence-electron chi connectivity index (χ0n) is 24.9. The number of halogens is 3. The fourth-order valence-electron chi connectivity index (χ4n) is 4.38. The second-order valence-electron chi connectivity index (χ2n) is 11.1. The lowest BCUT2D eigenvalue weighted by Crippen LogP contribution is -2.55. The van der Waals surface area contributed by atoms with Gasteiger partial charge in [0.15, 0.2) is 0 Å². The molecule has 0 radical (unpaired) electrons. The maximum absolute atomic E-state index is 14.2. The highest BCUT2D eigenvalue weighted by Gasteiger charge is 2.35. The van der Waals surface area contributed by atoms with E-state index in [1.54, 1.807) is 49.4 Å². The number of hydrogen-bond acceptors (Lipinski definition) is 5. The number of amides is 2. The molecule has 1 N–H and O–H groups in total. The smallest absolute Gasteiger partial charge is 0.264 e. The number of sulfonamides is 1. The van der Waals surface area contributed by atoms with Gasteiger partial charge in [0.1, 0.15) is 18.3 Å². The number of carbonyl (C=O) groups excluding carboxylic acids is 2. The SMILES string of the molecule is CCC(C(=O)NC(C)(C)C)N(Cc1ccc(Cl)c(Cl)c1)C(=O)CN(c1ccc(C)cc1)S(=O)(=O)c1ccc(OC)c(Br)c1. The van der Waals surface area contributed by atoms with Crippen molar-refractivity contribution < 1.29 is 22.7 Å². The van der Waals surface area contributed by atoms with Crippen LogP contribution in [0.5, 0.6) is 5.75 Å². The molecule has 1 unspecified atom stereocenters. The van der Waals surface area contributed by atoms with Crippen molar-refractivity contribution in [3.05, 3.63) is 86.3 Å². The van der Waals surface area contributed by atoms with Crippen LogP contribution in [-0.2, 0) is 26.2 Å². The number of nitrogens with zero attached hydrogens (tertiary/aromatic N) is 2. The van der Waals surface area contributed by atoms with Crippen LogP contribution < -0.4 is 14.4 Å². The highest BCUT2D eigenvalue weighted by molar-refractivity contribution is 9.10. The fourth-order valence-corrected chi connectivity index (χ4v) is 6.84. The third kappa shape index (κ3) is 8.88. The first-order chi connectivity index (χ1) is 20.1. The van der Waals surface area contributed by atoms with Gasteiger partial charge < -0.3 is 15.0 Å². The molecule has 3 aromatic carbocycles. The lowest BCUT2D eigenvalue weighted by molar-refractivity contribution is -0.141. The predicted molar refractivity (Wildman–Crippen MR) is 175 cm³/mol. The molecule has 0 aliphatic carbocycles. The van der Waals surface area contributed by atoms with Crippen molar-refractivity contribution in [3.63, 3.8) is 0 Å². The van der Waals surface area contributed by atoms with E-state index >= 15 is 0 Å². The third-order valence-electron chi connectivity index (χ3n) is 6.53. The second-order valence-corrected chi connectivity index (χ2v) is 14.6. The van der Waals surface area contributed by atoms with E-state index in [0.29, 0.717) is 31.5 Å². The monoisotopic (exact) mass is 711 g/mol. The average Bonchev–Trinajstić information content (AvgIpc) is 2.92. The lowest BCUT2D eigenvalue weighted by atomic mass is 10.1. The standard InChI is InChI=1S/C31H36BrCl2N3O5S/c1-7-27(30(39)35-31(3,4)5)36(18-21-10-14-25(33)26(34)16-21)29(38)19-37(22-11-8-20(2)9-12-22)43(40,41)23-13-15-28(42-6)24(32)17-23/h8-17,27H,7,18-19H2,1-6H3,(H,35,39). The van der Waals surface area contributed by atoms with E-state index < -0.39 is 34.1 Å². The Balaban J connectivity index is 2.11. The molecule has 2 amide bonds. The first kappa shape index (κ1) is 34.7. The molecule has 12 heteroatoms. The van der Waals surface area contributed by atoms with Crippen molar-refractivity contribution in [3.8, 4) is 5.75 Å². The Morgan fingerprint density at radius 3 is 2.19 bits per heavy atom. The van der Waals surface area contributed by atoms with E-state index in [-0.39, 0.29) is 23.8 Å². The number of hydrogen-bond donors (Lipinski definition) is 1. The number of methoxy groups -OCH3 is 1. The molecule has 8 nitrogen and oxygen atoms in total. The normalized spacial score (nSPS) is 12.4. The highest BCUT2D eigenvalue weighted by Crippen LogP contribution is 2.31. The van der Waals surface area contributed by atoms with Gasteiger partial charge in [-0.3, -0.25) is 13.9 Å². The minimum atomic E-state index is -4.25. The molecular formula is C31H36BrCl2N3O5S. The van der Waals surface area contributed by atoms with Crippen LogP contribution in [0.1, 0.15) is 45.2 Å². The van der Waals surface area contributed by atoms with Crippen molar-refractivity contribution in [1.82, 2.24) is 10.2 Å². The second kappa shape index (κ2) is 14.3. The van der Waals surface area contributed by atoms with Crippen molar-refractivity contribution in [1.29, 1.82) is 0 Å². The largest absolute Gasteiger partial charge is 0.496 e. The summed E-state index contributed by atoms with van der Waals surface area (Å²) >= 11 is 15.7. The number of carbonyl (C=O) groups is 2. The molecule has 0 fully saturated rings. The summed E-state index contributed by atoms with van der Waals surface area (Å²) in [5, 5.41) is 3.60. The summed E-state index contributed by atoms with van der Waals surface area (Å²) in [4.78, 5) is 29.0. The number of nitrogens with one attached hydrogen (secondary N) is 1. The molecule has 0 spiro atoms. The van der Waals surface area contributed by atoms with E-state index in [4.69, 9.17) is 27.9 Å². The minimum absolute atomic E-state index is 0.00165. The van der Waals surface area contributed by atoms with Crippen LogP contribution in [0.25, 0.3) is 0 Å². The van der Waals surface area contributed by atoms with Crippen molar-refractivity contribution in [2.45, 2.75) is 64.1 Å². The van der Waals surface area contributed by atoms with Crippen LogP contribution in [0.4, 0.5) is 5.69 Å². The Bertz CT molecular complexity index is 1580. The predicted octanol–water partition coefficient (Wildman–Crippen LogP) is 6.99. The zero-order valence-corrected chi connectivity index (χ0v) is 28.9. The van der Waals surface area contributed by atoms with Crippen LogP contribution in [0.15, 0.2) is 70.0 Å². The minimum Gasteiger partial charge on any atom is -0.496 e. The molecule has 0 aromatic heterocycles. The first-order valence-electron chi connectivity index (χ1n) is 13.6. The Morgan fingerprint density at radius 1 is 1.00 bits per heavy atom. The van der Waals surface area contributed by atoms with Gasteiger partial charge in [-0.25, -0.2) is 8.42 Å². The molecule has 0 saturated carbocycles. The molecular weight excluding hydrogens is 677 g/mol. The number of rotatable bonds is 11. The molecule has 232 valence electrons. The zero-order chi connectivity index (χ0) is 32.1. The summed E-state index contributed by atoms with van der Waals surface area (Å²) in [6.07, 6.45) is 0.289. The summed E-state index contributed by atoms with van der Waals surface area (Å²) in [5.74, 6) is -0.466. The molecule has 0 bridgehead atoms. The van der Waals surface area contributed by atoms with E-state index in [9.17, 15) is 18.0 Å². The number of aryl methyl sites for hydroxylation is 1. The van der Waals surface area contributed by atoms with Gasteiger partial charge in [-0.1, -0.05) is 53.9 Å². The molecule has 3 aromatic rings. The summed E-state index contributed by atoms with van der Waals surface area (Å²) in [5.41, 5.74) is 1.30. The van der Waals surface area contributed by atoms with Gasteiger partial charge >= 0.3 is 0 Å². The van der Waals surface area contributed by atoms with Gasteiger partial charge in [0, 0.05) is 12.1 Å². The van der Waals surface area contributed by atoms with Crippen molar-refractivity contribution in [2.24, 2.45) is 0 Å². The van der Waals surface area contributed by atoms with Crippen LogP contribution >= 0.6 is 39.1 Å². The molecule has 0 aliphatic rings. The first-order valence-corrected chi connectivity index (χ1v) is 16.5. The number of benzene rings is 3. The maximum Gasteiger partial charge on any atom is 0.264 e. The Kier molecular flexibility index (Phi) is 11.6. The van der Waals surface area contributed by atoms with E-state index in [2.05, 4.69) is 21.2 Å². The molecule has 43 heavy (non-hydrogen) atoms. The topological polar surface area (TPSA) is 96.0 Å². The summed E-state index contributed by atoms with van der Waals surface area (Å²) in [6, 6.07) is 15.3. The van der Waals surface area contributed by atoms with Gasteiger partial charge in [0.25, 0.3) is 10.0 Å².